The van der Waals surface area contributed by atoms with Gasteiger partial charge in [-0.1, -0.05) is 0 Å². The van der Waals surface area contributed by atoms with Gasteiger partial charge < -0.3 is 21.7 Å². The van der Waals surface area contributed by atoms with Crippen molar-refractivity contribution in [3.8, 4) is 0 Å². The molecule has 0 unspecified atom stereocenters. The zero-order valence-corrected chi connectivity index (χ0v) is 3.70. The van der Waals surface area contributed by atoms with Crippen LogP contribution in [-0.4, -0.2) is 16.5 Å². The van der Waals surface area contributed by atoms with Gasteiger partial charge in [-0.05, 0) is 0 Å². The van der Waals surface area contributed by atoms with Crippen LogP contribution >= 0.6 is 0 Å². The molecule has 0 spiro atoms. The fraction of sp³-hybridized carbons (Fsp3) is 0.333. The zero-order valence-electron chi connectivity index (χ0n) is 3.70. The highest BCUT2D eigenvalue weighted by molar-refractivity contribution is 4.94. The van der Waals surface area contributed by atoms with Gasteiger partial charge in [0.1, 0.15) is 0 Å². The molecule has 0 heterocycles. The molecule has 0 atom stereocenters. The minimum atomic E-state index is -1.62. The molecule has 0 amide bonds. The second-order valence-electron chi connectivity index (χ2n) is 1.04. The van der Waals surface area contributed by atoms with E-state index >= 15 is 0 Å². The van der Waals surface area contributed by atoms with Crippen molar-refractivity contribution in [2.45, 2.75) is 6.29 Å². The molecule has 0 aromatic rings. The predicted molar refractivity (Wildman–Crippen MR) is 24.7 cm³/mol. The van der Waals surface area contributed by atoms with Gasteiger partial charge in [-0.25, -0.2) is 0 Å². The number of rotatable bonds is 1. The highest BCUT2D eigenvalue weighted by Crippen LogP contribution is 1.82. The van der Waals surface area contributed by atoms with Gasteiger partial charge in [0.05, 0.1) is 5.70 Å². The molecule has 0 aliphatic rings. The third kappa shape index (κ3) is 2.02. The van der Waals surface area contributed by atoms with E-state index in [-0.39, 0.29) is 5.70 Å². The van der Waals surface area contributed by atoms with E-state index in [0.29, 0.717) is 0 Å². The van der Waals surface area contributed by atoms with Crippen LogP contribution in [0.15, 0.2) is 11.9 Å². The molecule has 0 saturated heterocycles. The third-order valence-corrected chi connectivity index (χ3v) is 0.491. The van der Waals surface area contributed by atoms with Crippen LogP contribution in [0.3, 0.4) is 0 Å². The van der Waals surface area contributed by atoms with Gasteiger partial charge >= 0.3 is 0 Å². The Morgan fingerprint density at radius 1 is 1.57 bits per heavy atom. The third-order valence-electron chi connectivity index (χ3n) is 0.491. The minimum Gasteiger partial charge on any atom is -0.403 e. The normalized spacial score (nSPS) is 12.7. The fourth-order valence-electron chi connectivity index (χ4n) is 0.0861. The second kappa shape index (κ2) is 2.44. The van der Waals surface area contributed by atoms with Crippen molar-refractivity contribution < 1.29 is 10.2 Å². The van der Waals surface area contributed by atoms with Crippen molar-refractivity contribution in [2.24, 2.45) is 11.5 Å². The Labute approximate surface area is 41.0 Å². The molecule has 6 N–H and O–H groups in total. The average Bonchev–Trinajstić information content (AvgIpc) is 1.65. The minimum absolute atomic E-state index is 0.139. The van der Waals surface area contributed by atoms with Gasteiger partial charge in [0.25, 0.3) is 0 Å². The standard InChI is InChI=1S/C3H8N2O2/c4-1-2(5)3(6)7/h1,3,6-7H,4-5H2/b2-1-. The monoisotopic (exact) mass is 104 g/mol. The molecule has 0 radical (unpaired) electrons. The maximum Gasteiger partial charge on any atom is 0.194 e. The number of hydrogen-bond acceptors (Lipinski definition) is 4. The molecule has 4 nitrogen and oxygen atoms in total. The summed E-state index contributed by atoms with van der Waals surface area (Å²) < 4.78 is 0. The first-order chi connectivity index (χ1) is 3.18. The summed E-state index contributed by atoms with van der Waals surface area (Å²) in [6, 6.07) is 0. The Balaban J connectivity index is 3.56. The van der Waals surface area contributed by atoms with E-state index in [1.807, 2.05) is 0 Å². The van der Waals surface area contributed by atoms with Crippen molar-refractivity contribution in [1.82, 2.24) is 0 Å². The lowest BCUT2D eigenvalue weighted by Gasteiger charge is -1.98. The van der Waals surface area contributed by atoms with E-state index in [9.17, 15) is 0 Å². The van der Waals surface area contributed by atoms with Gasteiger partial charge in [-0.3, -0.25) is 0 Å². The highest BCUT2D eigenvalue weighted by atomic mass is 16.5. The van der Waals surface area contributed by atoms with E-state index < -0.39 is 6.29 Å². The van der Waals surface area contributed by atoms with Gasteiger partial charge in [-0.15, -0.1) is 0 Å². The number of hydrogen-bond donors (Lipinski definition) is 4. The average molecular weight is 104 g/mol. The largest absolute Gasteiger partial charge is 0.403 e. The summed E-state index contributed by atoms with van der Waals surface area (Å²) in [7, 11) is 0. The molecule has 0 aliphatic heterocycles. The SMILES string of the molecule is N/C=C(\N)C(O)O. The Bertz CT molecular complexity index is 79.0. The zero-order chi connectivity index (χ0) is 5.86. The Hall–Kier alpha value is -0.740. The fourth-order valence-corrected chi connectivity index (χ4v) is 0.0861. The Kier molecular flexibility index (Phi) is 2.18. The summed E-state index contributed by atoms with van der Waals surface area (Å²) in [5.41, 5.74) is 9.48. The van der Waals surface area contributed by atoms with Gasteiger partial charge in [-0.2, -0.15) is 0 Å². The van der Waals surface area contributed by atoms with Crippen molar-refractivity contribution >= 4 is 0 Å². The Morgan fingerprint density at radius 2 is 2.00 bits per heavy atom. The predicted octanol–water partition coefficient (Wildman–Crippen LogP) is -1.94. The molecule has 0 bridgehead atoms. The quantitative estimate of drug-likeness (QED) is 0.291. The number of aliphatic hydroxyl groups excluding tert-OH is 1. The van der Waals surface area contributed by atoms with Gasteiger partial charge in [0, 0.05) is 6.20 Å². The summed E-state index contributed by atoms with van der Waals surface area (Å²) in [5, 5.41) is 16.2. The summed E-state index contributed by atoms with van der Waals surface area (Å²) in [4.78, 5) is 0. The van der Waals surface area contributed by atoms with E-state index in [1.54, 1.807) is 0 Å². The van der Waals surface area contributed by atoms with Crippen LogP contribution < -0.4 is 11.5 Å². The van der Waals surface area contributed by atoms with Crippen molar-refractivity contribution in [3.05, 3.63) is 11.9 Å². The van der Waals surface area contributed by atoms with Gasteiger partial charge in [0.2, 0.25) is 0 Å². The van der Waals surface area contributed by atoms with Crippen LogP contribution in [-0.2, 0) is 0 Å². The summed E-state index contributed by atoms with van der Waals surface area (Å²) in [6.07, 6.45) is -0.685. The van der Waals surface area contributed by atoms with Crippen molar-refractivity contribution in [1.29, 1.82) is 0 Å². The van der Waals surface area contributed by atoms with Crippen LogP contribution in [0.1, 0.15) is 0 Å². The molecule has 0 aromatic carbocycles. The molecule has 0 aliphatic carbocycles. The van der Waals surface area contributed by atoms with Crippen LogP contribution in [0.2, 0.25) is 0 Å². The van der Waals surface area contributed by atoms with E-state index in [4.69, 9.17) is 21.7 Å². The maximum absolute atomic E-state index is 8.10. The first-order valence-electron chi connectivity index (χ1n) is 1.72. The van der Waals surface area contributed by atoms with Crippen LogP contribution in [0, 0.1) is 0 Å². The van der Waals surface area contributed by atoms with E-state index in [1.165, 1.54) is 0 Å². The van der Waals surface area contributed by atoms with Crippen LogP contribution in [0.5, 0.6) is 0 Å². The number of nitrogens with two attached hydrogens (primary N) is 2. The van der Waals surface area contributed by atoms with Crippen molar-refractivity contribution in [2.75, 3.05) is 0 Å². The second-order valence-corrected chi connectivity index (χ2v) is 1.04. The summed E-state index contributed by atoms with van der Waals surface area (Å²) in [5.74, 6) is 0. The van der Waals surface area contributed by atoms with E-state index in [0.717, 1.165) is 6.20 Å². The smallest absolute Gasteiger partial charge is 0.194 e. The van der Waals surface area contributed by atoms with Gasteiger partial charge in [0.15, 0.2) is 6.29 Å². The molecule has 0 aromatic heterocycles. The summed E-state index contributed by atoms with van der Waals surface area (Å²) >= 11 is 0. The molecule has 7 heavy (non-hydrogen) atoms. The van der Waals surface area contributed by atoms with Crippen molar-refractivity contribution in [3.63, 3.8) is 0 Å². The highest BCUT2D eigenvalue weighted by Gasteiger charge is 1.96. The van der Waals surface area contributed by atoms with Crippen LogP contribution in [0.25, 0.3) is 0 Å². The Morgan fingerprint density at radius 3 is 2.00 bits per heavy atom. The molecular formula is C3H8N2O2. The van der Waals surface area contributed by atoms with E-state index in [2.05, 4.69) is 0 Å². The lowest BCUT2D eigenvalue weighted by Crippen LogP contribution is -2.17. The lowest BCUT2D eigenvalue weighted by atomic mass is 10.5. The first kappa shape index (κ1) is 6.26. The van der Waals surface area contributed by atoms with Crippen LogP contribution in [0.4, 0.5) is 0 Å². The topological polar surface area (TPSA) is 92.5 Å². The molecule has 0 saturated carbocycles. The molecule has 0 fully saturated rings. The summed E-state index contributed by atoms with van der Waals surface area (Å²) in [6.45, 7) is 0. The first-order valence-corrected chi connectivity index (χ1v) is 1.72. The molecular weight excluding hydrogens is 96.0 g/mol. The molecule has 4 heteroatoms. The lowest BCUT2D eigenvalue weighted by molar-refractivity contribution is -0.00901. The molecule has 0 rings (SSSR count). The number of aliphatic hydroxyl groups is 2. The maximum atomic E-state index is 8.10. The molecule has 42 valence electrons.